The van der Waals surface area contributed by atoms with Crippen LogP contribution in [0.1, 0.15) is 43.4 Å². The second kappa shape index (κ2) is 6.34. The lowest BCUT2D eigenvalue weighted by molar-refractivity contribution is -0.138. The molecule has 0 aliphatic rings. The zero-order valence-electron chi connectivity index (χ0n) is 10.5. The van der Waals surface area contributed by atoms with E-state index in [1.165, 1.54) is 0 Å². The van der Waals surface area contributed by atoms with Crippen molar-refractivity contribution in [2.75, 3.05) is 0 Å². The molecule has 1 aromatic carbocycles. The van der Waals surface area contributed by atoms with Crippen molar-refractivity contribution < 1.29 is 22.7 Å². The zero-order chi connectivity index (χ0) is 14.6. The number of nitrogens with two attached hydrogens (primary N) is 1. The summed E-state index contributed by atoms with van der Waals surface area (Å²) in [5, 5.41) is 9.76. The number of unbranched alkanes of at least 4 members (excludes halogenated alkanes) is 1. The van der Waals surface area contributed by atoms with Crippen LogP contribution in [-0.2, 0) is 6.18 Å². The number of rotatable bonds is 5. The van der Waals surface area contributed by atoms with Crippen molar-refractivity contribution in [1.29, 1.82) is 0 Å². The molecule has 0 aliphatic heterocycles. The van der Waals surface area contributed by atoms with E-state index in [0.717, 1.165) is 24.6 Å². The highest BCUT2D eigenvalue weighted by atomic mass is 19.4. The lowest BCUT2D eigenvalue weighted by atomic mass is 9.93. The van der Waals surface area contributed by atoms with Gasteiger partial charge in [0.25, 0.3) is 0 Å². The molecule has 0 heterocycles. The molecular weight excluding hydrogens is 262 g/mol. The van der Waals surface area contributed by atoms with Crippen molar-refractivity contribution in [2.45, 2.75) is 44.5 Å². The monoisotopic (exact) mass is 279 g/mol. The number of hydrogen-bond acceptors (Lipinski definition) is 2. The Labute approximate surface area is 109 Å². The first kappa shape index (κ1) is 15.9. The molecule has 0 radical (unpaired) electrons. The predicted octanol–water partition coefficient (Wildman–Crippen LogP) is 3.40. The number of benzene rings is 1. The van der Waals surface area contributed by atoms with E-state index in [2.05, 4.69) is 0 Å². The standard InChI is InChI=1S/C13H17F4NO/c1-2-3-7-10(19)12(18)11-8(13(15,16)17)5-4-6-9(11)14/h4-6,10,12,19H,2-3,7,18H2,1H3/t10-,12-/m0/s1. The smallest absolute Gasteiger partial charge is 0.391 e. The average Bonchev–Trinajstić information content (AvgIpc) is 2.33. The Kier molecular flexibility index (Phi) is 5.31. The fourth-order valence-corrected chi connectivity index (χ4v) is 1.91. The Morgan fingerprint density at radius 3 is 2.47 bits per heavy atom. The van der Waals surface area contributed by atoms with Gasteiger partial charge in [-0.1, -0.05) is 25.8 Å². The van der Waals surface area contributed by atoms with Crippen LogP contribution < -0.4 is 5.73 Å². The third kappa shape index (κ3) is 3.91. The van der Waals surface area contributed by atoms with Crippen LogP contribution in [0.25, 0.3) is 0 Å². The maximum absolute atomic E-state index is 13.6. The summed E-state index contributed by atoms with van der Waals surface area (Å²) in [6.45, 7) is 1.88. The van der Waals surface area contributed by atoms with E-state index >= 15 is 0 Å². The second-order valence-corrected chi connectivity index (χ2v) is 4.43. The number of hydrogen-bond donors (Lipinski definition) is 2. The van der Waals surface area contributed by atoms with Gasteiger partial charge in [-0.05, 0) is 18.6 Å². The largest absolute Gasteiger partial charge is 0.416 e. The highest BCUT2D eigenvalue weighted by Gasteiger charge is 2.37. The van der Waals surface area contributed by atoms with Crippen LogP contribution in [0, 0.1) is 5.82 Å². The Bertz CT molecular complexity index is 420. The fourth-order valence-electron chi connectivity index (χ4n) is 1.91. The Morgan fingerprint density at radius 1 is 1.32 bits per heavy atom. The van der Waals surface area contributed by atoms with Crippen LogP contribution in [0.4, 0.5) is 17.6 Å². The molecule has 108 valence electrons. The zero-order valence-corrected chi connectivity index (χ0v) is 10.5. The lowest BCUT2D eigenvalue weighted by Gasteiger charge is -2.23. The molecule has 0 saturated carbocycles. The third-order valence-corrected chi connectivity index (χ3v) is 2.96. The van der Waals surface area contributed by atoms with E-state index in [1.54, 1.807) is 0 Å². The molecule has 1 aromatic rings. The van der Waals surface area contributed by atoms with Gasteiger partial charge in [0.05, 0.1) is 17.7 Å². The molecule has 0 spiro atoms. The number of halogens is 4. The van der Waals surface area contributed by atoms with E-state index in [4.69, 9.17) is 5.73 Å². The van der Waals surface area contributed by atoms with Crippen LogP contribution >= 0.6 is 0 Å². The molecule has 1 rings (SSSR count). The Morgan fingerprint density at radius 2 is 1.95 bits per heavy atom. The molecule has 0 unspecified atom stereocenters. The number of aliphatic hydroxyl groups excluding tert-OH is 1. The van der Waals surface area contributed by atoms with Gasteiger partial charge in [0.15, 0.2) is 0 Å². The Balaban J connectivity index is 3.11. The van der Waals surface area contributed by atoms with Crippen LogP contribution in [0.15, 0.2) is 18.2 Å². The topological polar surface area (TPSA) is 46.2 Å². The minimum atomic E-state index is -4.69. The average molecular weight is 279 g/mol. The molecule has 0 bridgehead atoms. The fraction of sp³-hybridized carbons (Fsp3) is 0.538. The molecular formula is C13H17F4NO. The van der Waals surface area contributed by atoms with Crippen LogP contribution in [0.3, 0.4) is 0 Å². The van der Waals surface area contributed by atoms with Gasteiger partial charge in [-0.25, -0.2) is 4.39 Å². The number of aliphatic hydroxyl groups is 1. The van der Waals surface area contributed by atoms with Gasteiger partial charge in [-0.15, -0.1) is 0 Å². The Hall–Kier alpha value is -1.14. The van der Waals surface area contributed by atoms with Crippen LogP contribution in [-0.4, -0.2) is 11.2 Å². The quantitative estimate of drug-likeness (QED) is 0.811. The summed E-state index contributed by atoms with van der Waals surface area (Å²) in [5.41, 5.74) is 3.79. The molecule has 2 nitrogen and oxygen atoms in total. The van der Waals surface area contributed by atoms with Crippen LogP contribution in [0.2, 0.25) is 0 Å². The van der Waals surface area contributed by atoms with Gasteiger partial charge in [0.2, 0.25) is 0 Å². The van der Waals surface area contributed by atoms with Crippen molar-refractivity contribution >= 4 is 0 Å². The van der Waals surface area contributed by atoms with Gasteiger partial charge >= 0.3 is 6.18 Å². The van der Waals surface area contributed by atoms with E-state index in [1.807, 2.05) is 6.92 Å². The van der Waals surface area contributed by atoms with Crippen molar-refractivity contribution in [3.63, 3.8) is 0 Å². The summed E-state index contributed by atoms with van der Waals surface area (Å²) in [7, 11) is 0. The first-order valence-electron chi connectivity index (χ1n) is 6.08. The van der Waals surface area contributed by atoms with Gasteiger partial charge in [-0.3, -0.25) is 0 Å². The first-order valence-corrected chi connectivity index (χ1v) is 6.08. The minimum absolute atomic E-state index is 0.239. The molecule has 19 heavy (non-hydrogen) atoms. The summed E-state index contributed by atoms with van der Waals surface area (Å²) in [6, 6.07) is 1.28. The van der Waals surface area contributed by atoms with E-state index in [0.29, 0.717) is 6.42 Å². The number of alkyl halides is 3. The lowest BCUT2D eigenvalue weighted by Crippen LogP contribution is -2.29. The van der Waals surface area contributed by atoms with Crippen molar-refractivity contribution in [3.8, 4) is 0 Å². The minimum Gasteiger partial charge on any atom is -0.391 e. The summed E-state index contributed by atoms with van der Waals surface area (Å²) >= 11 is 0. The molecule has 0 aliphatic carbocycles. The van der Waals surface area contributed by atoms with Gasteiger partial charge in [0, 0.05) is 5.56 Å². The first-order chi connectivity index (χ1) is 8.79. The van der Waals surface area contributed by atoms with Gasteiger partial charge in [0.1, 0.15) is 5.82 Å². The van der Waals surface area contributed by atoms with Gasteiger partial charge < -0.3 is 10.8 Å². The predicted molar refractivity (Wildman–Crippen MR) is 63.9 cm³/mol. The van der Waals surface area contributed by atoms with E-state index < -0.39 is 35.3 Å². The van der Waals surface area contributed by atoms with Crippen LogP contribution in [0.5, 0.6) is 0 Å². The maximum Gasteiger partial charge on any atom is 0.416 e. The van der Waals surface area contributed by atoms with E-state index in [-0.39, 0.29) is 6.42 Å². The second-order valence-electron chi connectivity index (χ2n) is 4.43. The van der Waals surface area contributed by atoms with E-state index in [9.17, 15) is 22.7 Å². The molecule has 0 fully saturated rings. The summed E-state index contributed by atoms with van der Waals surface area (Å²) in [5.74, 6) is -1.04. The molecule has 3 N–H and O–H groups in total. The summed E-state index contributed by atoms with van der Waals surface area (Å²) < 4.78 is 52.0. The summed E-state index contributed by atoms with van der Waals surface area (Å²) in [6.07, 6.45) is -4.27. The molecule has 0 saturated heterocycles. The third-order valence-electron chi connectivity index (χ3n) is 2.96. The SMILES string of the molecule is CCCC[C@H](O)[C@H](N)c1c(F)cccc1C(F)(F)F. The molecule has 0 aromatic heterocycles. The maximum atomic E-state index is 13.6. The highest BCUT2D eigenvalue weighted by Crippen LogP contribution is 2.36. The highest BCUT2D eigenvalue weighted by molar-refractivity contribution is 5.34. The normalized spacial score (nSPS) is 15.3. The summed E-state index contributed by atoms with van der Waals surface area (Å²) in [4.78, 5) is 0. The van der Waals surface area contributed by atoms with Crippen molar-refractivity contribution in [2.24, 2.45) is 5.73 Å². The van der Waals surface area contributed by atoms with Crippen molar-refractivity contribution in [3.05, 3.63) is 35.1 Å². The van der Waals surface area contributed by atoms with Gasteiger partial charge in [-0.2, -0.15) is 13.2 Å². The molecule has 2 atom stereocenters. The van der Waals surface area contributed by atoms with Crippen molar-refractivity contribution in [1.82, 2.24) is 0 Å². The molecule has 0 amide bonds. The molecule has 6 heteroatoms.